The van der Waals surface area contributed by atoms with Gasteiger partial charge in [-0.1, -0.05) is 6.07 Å². The monoisotopic (exact) mass is 495 g/mol. The van der Waals surface area contributed by atoms with Crippen LogP contribution in [0.5, 0.6) is 0 Å². The lowest BCUT2D eigenvalue weighted by Crippen LogP contribution is -2.51. The predicted molar refractivity (Wildman–Crippen MR) is 132 cm³/mol. The summed E-state index contributed by atoms with van der Waals surface area (Å²) < 4.78 is 18.6. The maximum atomic E-state index is 13.3. The molecule has 2 aliphatic rings. The van der Waals surface area contributed by atoms with E-state index in [4.69, 9.17) is 4.42 Å². The number of hydrogen-bond acceptors (Lipinski definition) is 7. The average Bonchev–Trinajstić information content (AvgIpc) is 3.62. The van der Waals surface area contributed by atoms with Gasteiger partial charge in [-0.2, -0.15) is 5.10 Å². The van der Waals surface area contributed by atoms with Crippen molar-refractivity contribution in [1.82, 2.24) is 14.8 Å². The molecule has 0 aliphatic carbocycles. The number of amides is 2. The van der Waals surface area contributed by atoms with Crippen LogP contribution in [0, 0.1) is 5.82 Å². The molecule has 4 heterocycles. The molecule has 8 nitrogen and oxygen atoms in total. The number of nitrogens with one attached hydrogen (secondary N) is 1. The van der Waals surface area contributed by atoms with Crippen molar-refractivity contribution in [2.45, 2.75) is 12.5 Å². The molecule has 1 N–H and O–H groups in total. The van der Waals surface area contributed by atoms with Crippen LogP contribution in [-0.4, -0.2) is 71.6 Å². The van der Waals surface area contributed by atoms with Gasteiger partial charge in [0.1, 0.15) is 17.6 Å². The Hall–Kier alpha value is -3.34. The first-order valence-electron chi connectivity index (χ1n) is 11.5. The lowest BCUT2D eigenvalue weighted by atomic mass is 10.1. The number of anilines is 1. The second kappa shape index (κ2) is 10.5. The Morgan fingerprint density at radius 3 is 2.43 bits per heavy atom. The third kappa shape index (κ3) is 5.67. The summed E-state index contributed by atoms with van der Waals surface area (Å²) in [7, 11) is 0. The van der Waals surface area contributed by atoms with Gasteiger partial charge >= 0.3 is 0 Å². The molecule has 1 saturated heterocycles. The van der Waals surface area contributed by atoms with Crippen LogP contribution in [0.3, 0.4) is 0 Å². The first-order chi connectivity index (χ1) is 17.0. The second-order valence-corrected chi connectivity index (χ2v) is 9.55. The van der Waals surface area contributed by atoms with Gasteiger partial charge in [-0.3, -0.25) is 19.4 Å². The largest absolute Gasteiger partial charge is 0.467 e. The smallest absolute Gasteiger partial charge is 0.257 e. The van der Waals surface area contributed by atoms with Gasteiger partial charge in [-0.05, 0) is 47.8 Å². The number of carbonyl (C=O) groups is 2. The molecule has 35 heavy (non-hydrogen) atoms. The van der Waals surface area contributed by atoms with Crippen molar-refractivity contribution >= 4 is 34.6 Å². The van der Waals surface area contributed by atoms with Crippen LogP contribution in [0.4, 0.5) is 10.1 Å². The fourth-order valence-corrected chi connectivity index (χ4v) is 5.06. The summed E-state index contributed by atoms with van der Waals surface area (Å²) in [5.41, 5.74) is 1.46. The Bertz CT molecular complexity index is 1170. The third-order valence-electron chi connectivity index (χ3n) is 6.16. The van der Waals surface area contributed by atoms with E-state index in [0.29, 0.717) is 38.3 Å². The van der Waals surface area contributed by atoms with Gasteiger partial charge in [-0.25, -0.2) is 9.40 Å². The van der Waals surface area contributed by atoms with Gasteiger partial charge in [0.2, 0.25) is 5.91 Å². The first kappa shape index (κ1) is 23.4. The van der Waals surface area contributed by atoms with E-state index in [1.807, 2.05) is 34.5 Å². The number of hydrazone groups is 1. The number of furan rings is 1. The van der Waals surface area contributed by atoms with Gasteiger partial charge in [0.15, 0.2) is 0 Å². The van der Waals surface area contributed by atoms with Crippen LogP contribution in [0.2, 0.25) is 0 Å². The predicted octanol–water partition coefficient (Wildman–Crippen LogP) is 3.41. The summed E-state index contributed by atoms with van der Waals surface area (Å²) in [5.74, 6) is 0.174. The quantitative estimate of drug-likeness (QED) is 0.543. The summed E-state index contributed by atoms with van der Waals surface area (Å²) in [4.78, 5) is 30.8. The van der Waals surface area contributed by atoms with Crippen LogP contribution < -0.4 is 5.32 Å². The molecule has 0 spiro atoms. The number of carbonyl (C=O) groups excluding carboxylic acids is 2. The average molecular weight is 496 g/mol. The highest BCUT2D eigenvalue weighted by Crippen LogP contribution is 2.34. The van der Waals surface area contributed by atoms with Crippen LogP contribution in [0.1, 0.15) is 23.1 Å². The van der Waals surface area contributed by atoms with Gasteiger partial charge in [0.25, 0.3) is 5.91 Å². The van der Waals surface area contributed by atoms with Crippen molar-refractivity contribution in [1.29, 1.82) is 0 Å². The van der Waals surface area contributed by atoms with Gasteiger partial charge in [-0.15, -0.1) is 11.3 Å². The van der Waals surface area contributed by atoms with Crippen molar-refractivity contribution in [2.24, 2.45) is 5.10 Å². The molecule has 2 aliphatic heterocycles. The molecule has 1 fully saturated rings. The molecule has 0 bridgehead atoms. The molecule has 1 aromatic carbocycles. The molecule has 3 aromatic rings. The number of piperazine rings is 1. The minimum Gasteiger partial charge on any atom is -0.467 e. The fraction of sp³-hybridized carbons (Fsp3) is 0.320. The second-order valence-electron chi connectivity index (χ2n) is 8.61. The van der Waals surface area contributed by atoms with Crippen LogP contribution >= 0.6 is 11.3 Å². The summed E-state index contributed by atoms with van der Waals surface area (Å²) in [5, 5.41) is 11.0. The topological polar surface area (TPSA) is 81.4 Å². The highest BCUT2D eigenvalue weighted by molar-refractivity contribution is 7.12. The van der Waals surface area contributed by atoms with Gasteiger partial charge in [0, 0.05) is 38.3 Å². The number of nitrogens with zero attached hydrogens (tertiary/aromatic N) is 4. The maximum Gasteiger partial charge on any atom is 0.257 e. The normalized spacial score (nSPS) is 19.1. The number of halogens is 1. The molecule has 0 saturated carbocycles. The van der Waals surface area contributed by atoms with Crippen molar-refractivity contribution < 1.29 is 18.4 Å². The van der Waals surface area contributed by atoms with Crippen molar-refractivity contribution in [3.8, 4) is 0 Å². The van der Waals surface area contributed by atoms with E-state index in [-0.39, 0.29) is 36.8 Å². The Kier molecular flexibility index (Phi) is 7.03. The molecule has 10 heteroatoms. The van der Waals surface area contributed by atoms with E-state index in [0.717, 1.165) is 16.3 Å². The fourth-order valence-electron chi connectivity index (χ4n) is 4.34. The molecular formula is C25H26FN5O3S. The summed E-state index contributed by atoms with van der Waals surface area (Å²) in [6, 6.07) is 13.2. The summed E-state index contributed by atoms with van der Waals surface area (Å²) in [6.07, 6.45) is 2.24. The standard InChI is InChI=1S/C25H26FN5O3S/c26-18-5-7-19(8-6-18)27-24(32)16-29-9-11-30(12-10-29)17-25(33)31-21(22-3-1-13-34-22)15-20(28-31)23-4-2-14-35-23/h1-8,13-14,21H,9-12,15-17H2,(H,27,32)/t21-/m1/s1. The van der Waals surface area contributed by atoms with Gasteiger partial charge < -0.3 is 9.73 Å². The van der Waals surface area contributed by atoms with E-state index in [1.54, 1.807) is 22.6 Å². The number of rotatable bonds is 7. The highest BCUT2D eigenvalue weighted by Gasteiger charge is 2.36. The first-order valence-corrected chi connectivity index (χ1v) is 12.4. The van der Waals surface area contributed by atoms with Crippen LogP contribution in [0.25, 0.3) is 0 Å². The lowest BCUT2D eigenvalue weighted by Gasteiger charge is -2.34. The van der Waals surface area contributed by atoms with E-state index in [2.05, 4.69) is 15.3 Å². The molecular weight excluding hydrogens is 469 g/mol. The van der Waals surface area contributed by atoms with Crippen molar-refractivity contribution in [3.63, 3.8) is 0 Å². The molecule has 5 rings (SSSR count). The zero-order valence-electron chi connectivity index (χ0n) is 19.1. The third-order valence-corrected chi connectivity index (χ3v) is 7.08. The molecule has 1 atom stereocenters. The van der Waals surface area contributed by atoms with Crippen LogP contribution in [0.15, 0.2) is 69.7 Å². The lowest BCUT2D eigenvalue weighted by molar-refractivity contribution is -0.135. The van der Waals surface area contributed by atoms with E-state index >= 15 is 0 Å². The van der Waals surface area contributed by atoms with Crippen LogP contribution in [-0.2, 0) is 9.59 Å². The Morgan fingerprint density at radius 2 is 1.77 bits per heavy atom. The minimum atomic E-state index is -0.341. The molecule has 0 unspecified atom stereocenters. The number of benzene rings is 1. The highest BCUT2D eigenvalue weighted by atomic mass is 32.1. The SMILES string of the molecule is O=C(CN1CCN(CC(=O)N2N=C(c3cccs3)C[C@@H]2c2ccco2)CC1)Nc1ccc(F)cc1. The molecule has 0 radical (unpaired) electrons. The Morgan fingerprint density at radius 1 is 1.03 bits per heavy atom. The van der Waals surface area contributed by atoms with Crippen molar-refractivity contribution in [3.05, 3.63) is 76.6 Å². The van der Waals surface area contributed by atoms with E-state index in [9.17, 15) is 14.0 Å². The zero-order valence-corrected chi connectivity index (χ0v) is 19.9. The Labute approximate surface area is 206 Å². The molecule has 2 amide bonds. The molecule has 182 valence electrons. The molecule has 2 aromatic heterocycles. The maximum absolute atomic E-state index is 13.3. The van der Waals surface area contributed by atoms with Gasteiger partial charge in [0.05, 0.1) is 29.9 Å². The number of hydrogen-bond donors (Lipinski definition) is 1. The summed E-state index contributed by atoms with van der Waals surface area (Å²) in [6.45, 7) is 3.21. The van der Waals surface area contributed by atoms with E-state index < -0.39 is 0 Å². The zero-order chi connectivity index (χ0) is 24.2. The summed E-state index contributed by atoms with van der Waals surface area (Å²) >= 11 is 1.61. The minimum absolute atomic E-state index is 0.0690. The Balaban J connectivity index is 1.14. The van der Waals surface area contributed by atoms with Crippen molar-refractivity contribution in [2.75, 3.05) is 44.6 Å². The van der Waals surface area contributed by atoms with E-state index in [1.165, 1.54) is 24.3 Å². The number of thiophene rings is 1.